The van der Waals surface area contributed by atoms with Crippen LogP contribution in [0.15, 0.2) is 12.1 Å². The third-order valence-electron chi connectivity index (χ3n) is 3.89. The Balaban J connectivity index is 2.14. The number of halogens is 1. The predicted molar refractivity (Wildman–Crippen MR) is 90.6 cm³/mol. The molecule has 0 aliphatic carbocycles. The van der Waals surface area contributed by atoms with Crippen molar-refractivity contribution in [3.05, 3.63) is 22.7 Å². The van der Waals surface area contributed by atoms with Crippen molar-refractivity contribution in [2.75, 3.05) is 43.9 Å². The molecule has 1 aromatic carbocycles. The Morgan fingerprint density at radius 1 is 1.23 bits per heavy atom. The number of nitrogens with zero attached hydrogens (tertiary/aromatic N) is 2. The summed E-state index contributed by atoms with van der Waals surface area (Å²) in [6.45, 7) is 6.16. The van der Waals surface area contributed by atoms with Crippen molar-refractivity contribution in [3.8, 4) is 5.75 Å². The van der Waals surface area contributed by atoms with Crippen LogP contribution >= 0.6 is 11.6 Å². The fourth-order valence-corrected chi connectivity index (χ4v) is 4.30. The van der Waals surface area contributed by atoms with Crippen LogP contribution in [0, 0.1) is 6.92 Å². The number of aryl methyl sites for hydroxylation is 1. The molecule has 1 saturated heterocycles. The molecule has 0 atom stereocenters. The lowest BCUT2D eigenvalue weighted by atomic mass is 10.1. The standard InChI is InChI=1S/C15H23ClN2O3S/c1-4-9-22(19,20)18-7-5-17(6-8-18)14-10-12(2)13(16)11-15(14)21-3/h10-11H,4-9H2,1-3H3. The molecule has 22 heavy (non-hydrogen) atoms. The van der Waals surface area contributed by atoms with Gasteiger partial charge in [0.1, 0.15) is 5.75 Å². The van der Waals surface area contributed by atoms with Crippen molar-refractivity contribution >= 4 is 27.3 Å². The number of rotatable bonds is 5. The molecule has 1 aliphatic heterocycles. The lowest BCUT2D eigenvalue weighted by Crippen LogP contribution is -2.49. The highest BCUT2D eigenvalue weighted by Gasteiger charge is 2.27. The zero-order valence-electron chi connectivity index (χ0n) is 13.3. The van der Waals surface area contributed by atoms with Crippen molar-refractivity contribution < 1.29 is 13.2 Å². The van der Waals surface area contributed by atoms with Crippen LogP contribution in [0.5, 0.6) is 5.75 Å². The zero-order chi connectivity index (χ0) is 16.3. The fourth-order valence-electron chi connectivity index (χ4n) is 2.65. The smallest absolute Gasteiger partial charge is 0.214 e. The Labute approximate surface area is 137 Å². The van der Waals surface area contributed by atoms with E-state index in [0.29, 0.717) is 37.6 Å². The van der Waals surface area contributed by atoms with E-state index in [2.05, 4.69) is 4.90 Å². The van der Waals surface area contributed by atoms with Gasteiger partial charge in [0.2, 0.25) is 10.0 Å². The Hall–Kier alpha value is -0.980. The topological polar surface area (TPSA) is 49.9 Å². The summed E-state index contributed by atoms with van der Waals surface area (Å²) in [6.07, 6.45) is 0.646. The third-order valence-corrected chi connectivity index (χ3v) is 6.38. The number of sulfonamides is 1. The molecule has 0 bridgehead atoms. The molecule has 5 nitrogen and oxygen atoms in total. The SMILES string of the molecule is CCCS(=O)(=O)N1CCN(c2cc(C)c(Cl)cc2OC)CC1. The number of hydrogen-bond acceptors (Lipinski definition) is 4. The quantitative estimate of drug-likeness (QED) is 0.822. The first-order valence-electron chi connectivity index (χ1n) is 7.46. The number of hydrogen-bond donors (Lipinski definition) is 0. The molecule has 0 saturated carbocycles. The van der Waals surface area contributed by atoms with Crippen molar-refractivity contribution in [3.63, 3.8) is 0 Å². The summed E-state index contributed by atoms with van der Waals surface area (Å²) in [6, 6.07) is 3.81. The van der Waals surface area contributed by atoms with Crippen LogP contribution in [-0.2, 0) is 10.0 Å². The molecule has 1 heterocycles. The van der Waals surface area contributed by atoms with Gasteiger partial charge in [0, 0.05) is 37.3 Å². The van der Waals surface area contributed by atoms with E-state index in [1.165, 1.54) is 0 Å². The van der Waals surface area contributed by atoms with E-state index in [1.807, 2.05) is 26.0 Å². The highest BCUT2D eigenvalue weighted by Crippen LogP contribution is 2.34. The number of ether oxygens (including phenoxy) is 1. The van der Waals surface area contributed by atoms with Crippen LogP contribution in [0.1, 0.15) is 18.9 Å². The highest BCUT2D eigenvalue weighted by molar-refractivity contribution is 7.89. The molecule has 0 unspecified atom stereocenters. The molecule has 7 heteroatoms. The van der Waals surface area contributed by atoms with Gasteiger partial charge in [-0.3, -0.25) is 0 Å². The minimum atomic E-state index is -3.12. The van der Waals surface area contributed by atoms with E-state index in [4.69, 9.17) is 16.3 Å². The Bertz CT molecular complexity index is 626. The minimum Gasteiger partial charge on any atom is -0.495 e. The second kappa shape index (κ2) is 7.06. The van der Waals surface area contributed by atoms with E-state index in [9.17, 15) is 8.42 Å². The Morgan fingerprint density at radius 2 is 1.86 bits per heavy atom. The van der Waals surface area contributed by atoms with Crippen molar-refractivity contribution in [1.29, 1.82) is 0 Å². The molecule has 0 N–H and O–H groups in total. The molecular formula is C15H23ClN2O3S. The second-order valence-electron chi connectivity index (χ2n) is 5.48. The predicted octanol–water partition coefficient (Wildman–Crippen LogP) is 2.52. The van der Waals surface area contributed by atoms with Gasteiger partial charge in [0.25, 0.3) is 0 Å². The first-order chi connectivity index (χ1) is 10.4. The average molecular weight is 347 g/mol. The van der Waals surface area contributed by atoms with Gasteiger partial charge in [-0.2, -0.15) is 4.31 Å². The summed E-state index contributed by atoms with van der Waals surface area (Å²) in [5.74, 6) is 0.941. The first-order valence-corrected chi connectivity index (χ1v) is 9.44. The van der Waals surface area contributed by atoms with E-state index in [0.717, 1.165) is 17.0 Å². The summed E-state index contributed by atoms with van der Waals surface area (Å²) in [7, 11) is -1.50. The molecular weight excluding hydrogens is 324 g/mol. The monoisotopic (exact) mass is 346 g/mol. The zero-order valence-corrected chi connectivity index (χ0v) is 14.9. The minimum absolute atomic E-state index is 0.219. The maximum absolute atomic E-state index is 12.1. The van der Waals surface area contributed by atoms with E-state index < -0.39 is 10.0 Å². The van der Waals surface area contributed by atoms with Gasteiger partial charge >= 0.3 is 0 Å². The van der Waals surface area contributed by atoms with Crippen LogP contribution in [0.25, 0.3) is 0 Å². The molecule has 0 amide bonds. The van der Waals surface area contributed by atoms with Gasteiger partial charge in [0.05, 0.1) is 18.6 Å². The number of piperazine rings is 1. The van der Waals surface area contributed by atoms with Crippen LogP contribution in [0.4, 0.5) is 5.69 Å². The Morgan fingerprint density at radius 3 is 2.41 bits per heavy atom. The molecule has 0 aromatic heterocycles. The largest absolute Gasteiger partial charge is 0.495 e. The van der Waals surface area contributed by atoms with Gasteiger partial charge in [-0.15, -0.1) is 0 Å². The van der Waals surface area contributed by atoms with Gasteiger partial charge in [-0.05, 0) is 25.0 Å². The number of anilines is 1. The molecule has 1 fully saturated rings. The summed E-state index contributed by atoms with van der Waals surface area (Å²) in [5, 5.41) is 0.671. The summed E-state index contributed by atoms with van der Waals surface area (Å²) >= 11 is 6.14. The molecule has 124 valence electrons. The van der Waals surface area contributed by atoms with Crippen molar-refractivity contribution in [2.24, 2.45) is 0 Å². The van der Waals surface area contributed by atoms with Crippen molar-refractivity contribution in [2.45, 2.75) is 20.3 Å². The van der Waals surface area contributed by atoms with Gasteiger partial charge in [-0.1, -0.05) is 18.5 Å². The second-order valence-corrected chi connectivity index (χ2v) is 7.97. The van der Waals surface area contributed by atoms with Gasteiger partial charge in [0.15, 0.2) is 0 Å². The lowest BCUT2D eigenvalue weighted by molar-refractivity contribution is 0.378. The van der Waals surface area contributed by atoms with Crippen LogP contribution < -0.4 is 9.64 Å². The maximum atomic E-state index is 12.1. The summed E-state index contributed by atoms with van der Waals surface area (Å²) in [4.78, 5) is 2.15. The van der Waals surface area contributed by atoms with E-state index in [-0.39, 0.29) is 5.75 Å². The van der Waals surface area contributed by atoms with Gasteiger partial charge in [-0.25, -0.2) is 8.42 Å². The van der Waals surface area contributed by atoms with E-state index in [1.54, 1.807) is 11.4 Å². The number of benzene rings is 1. The molecule has 0 radical (unpaired) electrons. The Kier molecular flexibility index (Phi) is 5.58. The number of methoxy groups -OCH3 is 1. The van der Waals surface area contributed by atoms with Crippen LogP contribution in [0.2, 0.25) is 5.02 Å². The van der Waals surface area contributed by atoms with Crippen LogP contribution in [-0.4, -0.2) is 51.8 Å². The average Bonchev–Trinajstić information content (AvgIpc) is 2.49. The van der Waals surface area contributed by atoms with Crippen LogP contribution in [0.3, 0.4) is 0 Å². The highest BCUT2D eigenvalue weighted by atomic mass is 35.5. The lowest BCUT2D eigenvalue weighted by Gasteiger charge is -2.36. The molecule has 0 spiro atoms. The molecule has 1 aliphatic rings. The summed E-state index contributed by atoms with van der Waals surface area (Å²) in [5.41, 5.74) is 1.95. The maximum Gasteiger partial charge on any atom is 0.214 e. The molecule has 1 aromatic rings. The van der Waals surface area contributed by atoms with E-state index >= 15 is 0 Å². The summed E-state index contributed by atoms with van der Waals surface area (Å²) < 4.78 is 31.2. The fraction of sp³-hybridized carbons (Fsp3) is 0.600. The normalized spacial score (nSPS) is 16.8. The van der Waals surface area contributed by atoms with Crippen molar-refractivity contribution in [1.82, 2.24) is 4.31 Å². The third kappa shape index (κ3) is 3.67. The first kappa shape index (κ1) is 17.4. The van der Waals surface area contributed by atoms with Gasteiger partial charge < -0.3 is 9.64 Å². The molecule has 2 rings (SSSR count).